The molecule has 0 spiro atoms. The van der Waals surface area contributed by atoms with Crippen molar-refractivity contribution in [2.75, 3.05) is 12.4 Å². The van der Waals surface area contributed by atoms with E-state index in [9.17, 15) is 0 Å². The van der Waals surface area contributed by atoms with Gasteiger partial charge in [0.1, 0.15) is 0 Å². The number of anilines is 1. The van der Waals surface area contributed by atoms with E-state index in [0.29, 0.717) is 19.1 Å². The Hall–Kier alpha value is -1.61. The second kappa shape index (κ2) is 8.63. The zero-order valence-electron chi connectivity index (χ0n) is 12.1. The minimum atomic E-state index is 0. The van der Waals surface area contributed by atoms with E-state index in [1.807, 2.05) is 37.4 Å². The summed E-state index contributed by atoms with van der Waals surface area (Å²) in [6.45, 7) is 1.01. The molecule has 0 fully saturated rings. The normalized spacial score (nSPS) is 11.0. The van der Waals surface area contributed by atoms with Crippen molar-refractivity contribution in [1.82, 2.24) is 9.78 Å². The number of guanidine groups is 1. The monoisotopic (exact) mass is 401 g/mol. The quantitative estimate of drug-likeness (QED) is 0.457. The van der Waals surface area contributed by atoms with E-state index in [4.69, 9.17) is 10.5 Å². The van der Waals surface area contributed by atoms with Gasteiger partial charge < -0.3 is 15.8 Å². The molecular weight excluding hydrogens is 381 g/mol. The highest BCUT2D eigenvalue weighted by Gasteiger charge is 2.03. The Morgan fingerprint density at radius 2 is 2.14 bits per heavy atom. The summed E-state index contributed by atoms with van der Waals surface area (Å²) in [6.07, 6.45) is 1.74. The molecule has 7 heteroatoms. The number of aromatic nitrogens is 2. The lowest BCUT2D eigenvalue weighted by Crippen LogP contribution is -2.23. The van der Waals surface area contributed by atoms with Gasteiger partial charge in [-0.15, -0.1) is 24.0 Å². The number of nitrogens with zero attached hydrogens (tertiary/aromatic N) is 3. The van der Waals surface area contributed by atoms with Gasteiger partial charge in [-0.1, -0.05) is 18.2 Å². The van der Waals surface area contributed by atoms with Crippen LogP contribution in [0.4, 0.5) is 5.69 Å². The SMILES string of the molecule is COCc1ccccc1NC(N)=NCc1ccnn1C.I. The first kappa shape index (κ1) is 17.4. The van der Waals surface area contributed by atoms with E-state index in [1.54, 1.807) is 18.0 Å². The predicted octanol–water partition coefficient (Wildman–Crippen LogP) is 2.11. The highest BCUT2D eigenvalue weighted by Crippen LogP contribution is 2.15. The molecule has 1 heterocycles. The Morgan fingerprint density at radius 1 is 1.38 bits per heavy atom. The minimum Gasteiger partial charge on any atom is -0.380 e. The molecule has 114 valence electrons. The number of para-hydroxylation sites is 1. The third kappa shape index (κ3) is 5.01. The van der Waals surface area contributed by atoms with Crippen molar-refractivity contribution in [2.24, 2.45) is 17.8 Å². The first-order valence-corrected chi connectivity index (χ1v) is 6.31. The van der Waals surface area contributed by atoms with Crippen LogP contribution in [0, 0.1) is 0 Å². The topological polar surface area (TPSA) is 77.5 Å². The molecular formula is C14H20IN5O. The van der Waals surface area contributed by atoms with Crippen LogP contribution in [-0.4, -0.2) is 22.8 Å². The zero-order valence-corrected chi connectivity index (χ0v) is 14.4. The average molecular weight is 401 g/mol. The van der Waals surface area contributed by atoms with Crippen LogP contribution < -0.4 is 11.1 Å². The van der Waals surface area contributed by atoms with Crippen LogP contribution >= 0.6 is 24.0 Å². The molecule has 2 rings (SSSR count). The highest BCUT2D eigenvalue weighted by atomic mass is 127. The summed E-state index contributed by atoms with van der Waals surface area (Å²) in [6, 6.07) is 9.75. The first-order chi connectivity index (χ1) is 9.70. The fourth-order valence-electron chi connectivity index (χ4n) is 1.82. The van der Waals surface area contributed by atoms with Crippen molar-refractivity contribution in [3.8, 4) is 0 Å². The summed E-state index contributed by atoms with van der Waals surface area (Å²) < 4.78 is 6.93. The summed E-state index contributed by atoms with van der Waals surface area (Å²) in [7, 11) is 3.54. The van der Waals surface area contributed by atoms with Crippen molar-refractivity contribution in [3.63, 3.8) is 0 Å². The number of rotatable bonds is 5. The van der Waals surface area contributed by atoms with Gasteiger partial charge in [0.15, 0.2) is 5.96 Å². The standard InChI is InChI=1S/C14H19N5O.HI/c1-19-12(7-8-17-19)9-16-14(15)18-13-6-4-3-5-11(13)10-20-2;/h3-8H,9-10H2,1-2H3,(H3,15,16,18);1H. The molecule has 0 saturated carbocycles. The third-order valence-corrected chi connectivity index (χ3v) is 2.91. The maximum Gasteiger partial charge on any atom is 0.193 e. The number of benzene rings is 1. The van der Waals surface area contributed by atoms with Crippen LogP contribution in [0.25, 0.3) is 0 Å². The third-order valence-electron chi connectivity index (χ3n) is 2.91. The van der Waals surface area contributed by atoms with Crippen LogP contribution in [0.3, 0.4) is 0 Å². The van der Waals surface area contributed by atoms with Gasteiger partial charge in [-0.05, 0) is 12.1 Å². The Bertz CT molecular complexity index is 597. The van der Waals surface area contributed by atoms with Crippen LogP contribution in [0.15, 0.2) is 41.5 Å². The molecule has 0 bridgehead atoms. The Morgan fingerprint density at radius 3 is 2.81 bits per heavy atom. The number of hydrogen-bond acceptors (Lipinski definition) is 3. The molecule has 0 atom stereocenters. The molecule has 0 aliphatic carbocycles. The van der Waals surface area contributed by atoms with Gasteiger partial charge in [-0.25, -0.2) is 4.99 Å². The van der Waals surface area contributed by atoms with Gasteiger partial charge in [-0.3, -0.25) is 4.68 Å². The summed E-state index contributed by atoms with van der Waals surface area (Å²) in [5.41, 5.74) is 8.84. The highest BCUT2D eigenvalue weighted by molar-refractivity contribution is 14.0. The van der Waals surface area contributed by atoms with E-state index < -0.39 is 0 Å². The largest absolute Gasteiger partial charge is 0.380 e. The molecule has 0 aliphatic rings. The molecule has 6 nitrogen and oxygen atoms in total. The maximum atomic E-state index is 5.91. The summed E-state index contributed by atoms with van der Waals surface area (Å²) >= 11 is 0. The second-order valence-electron chi connectivity index (χ2n) is 4.36. The molecule has 1 aromatic carbocycles. The Labute approximate surface area is 141 Å². The molecule has 0 aliphatic heterocycles. The van der Waals surface area contributed by atoms with Crippen molar-refractivity contribution < 1.29 is 4.74 Å². The van der Waals surface area contributed by atoms with Crippen molar-refractivity contribution >= 4 is 35.6 Å². The van der Waals surface area contributed by atoms with Gasteiger partial charge in [0, 0.05) is 31.6 Å². The van der Waals surface area contributed by atoms with Gasteiger partial charge in [0.25, 0.3) is 0 Å². The predicted molar refractivity (Wildman–Crippen MR) is 94.7 cm³/mol. The van der Waals surface area contributed by atoms with Crippen molar-refractivity contribution in [2.45, 2.75) is 13.2 Å². The number of nitrogens with one attached hydrogen (secondary N) is 1. The smallest absolute Gasteiger partial charge is 0.193 e. The van der Waals surface area contributed by atoms with E-state index in [-0.39, 0.29) is 24.0 Å². The van der Waals surface area contributed by atoms with Gasteiger partial charge in [0.2, 0.25) is 0 Å². The maximum absolute atomic E-state index is 5.91. The van der Waals surface area contributed by atoms with Gasteiger partial charge >= 0.3 is 0 Å². The zero-order chi connectivity index (χ0) is 14.4. The van der Waals surface area contributed by atoms with Gasteiger partial charge in [-0.2, -0.15) is 5.10 Å². The van der Waals surface area contributed by atoms with E-state index in [0.717, 1.165) is 16.9 Å². The minimum absolute atomic E-state index is 0. The molecule has 21 heavy (non-hydrogen) atoms. The van der Waals surface area contributed by atoms with E-state index in [1.165, 1.54) is 0 Å². The molecule has 1 aromatic heterocycles. The van der Waals surface area contributed by atoms with Gasteiger partial charge in [0.05, 0.1) is 18.8 Å². The Balaban J connectivity index is 0.00000220. The Kier molecular flexibility index (Phi) is 7.17. The number of nitrogens with two attached hydrogens (primary N) is 1. The molecule has 3 N–H and O–H groups in total. The van der Waals surface area contributed by atoms with E-state index in [2.05, 4.69) is 15.4 Å². The first-order valence-electron chi connectivity index (χ1n) is 6.31. The van der Waals surface area contributed by atoms with Crippen LogP contribution in [0.5, 0.6) is 0 Å². The van der Waals surface area contributed by atoms with Crippen LogP contribution in [0.2, 0.25) is 0 Å². The van der Waals surface area contributed by atoms with Crippen LogP contribution in [0.1, 0.15) is 11.3 Å². The molecule has 0 amide bonds. The molecule has 0 unspecified atom stereocenters. The summed E-state index contributed by atoms with van der Waals surface area (Å²) in [4.78, 5) is 4.31. The van der Waals surface area contributed by atoms with E-state index >= 15 is 0 Å². The fourth-order valence-corrected chi connectivity index (χ4v) is 1.82. The fraction of sp³-hybridized carbons (Fsp3) is 0.286. The molecule has 0 radical (unpaired) electrons. The number of aryl methyl sites for hydroxylation is 1. The molecule has 0 saturated heterocycles. The lowest BCUT2D eigenvalue weighted by Gasteiger charge is -2.10. The van der Waals surface area contributed by atoms with Crippen molar-refractivity contribution in [3.05, 3.63) is 47.8 Å². The number of methoxy groups -OCH3 is 1. The summed E-state index contributed by atoms with van der Waals surface area (Å²) in [5, 5.41) is 7.18. The summed E-state index contributed by atoms with van der Waals surface area (Å²) in [5.74, 6) is 0.370. The number of halogens is 1. The average Bonchev–Trinajstić information content (AvgIpc) is 2.84. The molecule has 2 aromatic rings. The lowest BCUT2D eigenvalue weighted by atomic mass is 10.2. The number of ether oxygens (including phenoxy) is 1. The number of hydrogen-bond donors (Lipinski definition) is 2. The van der Waals surface area contributed by atoms with Crippen molar-refractivity contribution in [1.29, 1.82) is 0 Å². The second-order valence-corrected chi connectivity index (χ2v) is 4.36. The van der Waals surface area contributed by atoms with Crippen LogP contribution in [-0.2, 0) is 24.9 Å². The number of aliphatic imine (C=N–C) groups is 1. The lowest BCUT2D eigenvalue weighted by molar-refractivity contribution is 0.185.